The van der Waals surface area contributed by atoms with Crippen LogP contribution in [0.1, 0.15) is 17.7 Å². The summed E-state index contributed by atoms with van der Waals surface area (Å²) in [5.41, 5.74) is 5.86. The number of nitrogens with zero attached hydrogens (tertiary/aromatic N) is 1. The average Bonchev–Trinajstić information content (AvgIpc) is 2.85. The highest BCUT2D eigenvalue weighted by atomic mass is 32.2. The average molecular weight is 272 g/mol. The summed E-state index contributed by atoms with van der Waals surface area (Å²) in [4.78, 5) is 3.89. The molecule has 2 nitrogen and oxygen atoms in total. The maximum atomic E-state index is 5.86. The van der Waals surface area contributed by atoms with Gasteiger partial charge in [0.1, 0.15) is 0 Å². The fraction of sp³-hybridized carbons (Fsp3) is 0.692. The van der Waals surface area contributed by atoms with Crippen molar-refractivity contribution in [3.05, 3.63) is 22.4 Å². The zero-order valence-electron chi connectivity index (χ0n) is 10.9. The van der Waals surface area contributed by atoms with Crippen molar-refractivity contribution in [3.63, 3.8) is 0 Å². The van der Waals surface area contributed by atoms with Crippen molar-refractivity contribution in [2.75, 3.05) is 32.1 Å². The van der Waals surface area contributed by atoms with E-state index in [1.165, 1.54) is 23.5 Å². The maximum Gasteiger partial charge on any atom is 0.0215 e. The van der Waals surface area contributed by atoms with Crippen molar-refractivity contribution in [1.82, 2.24) is 4.90 Å². The zero-order valence-corrected chi connectivity index (χ0v) is 12.5. The van der Waals surface area contributed by atoms with Crippen LogP contribution in [0.5, 0.6) is 0 Å². The first-order valence-corrected chi connectivity index (χ1v) is 8.47. The Labute approximate surface area is 114 Å². The van der Waals surface area contributed by atoms with Gasteiger partial charge in [-0.2, -0.15) is 11.8 Å². The highest BCUT2D eigenvalue weighted by Gasteiger charge is 2.12. The molecule has 2 N–H and O–H groups in total. The molecule has 0 aliphatic rings. The second kappa shape index (κ2) is 8.97. The Morgan fingerprint density at radius 2 is 2.35 bits per heavy atom. The lowest BCUT2D eigenvalue weighted by atomic mass is 10.1. The molecule has 4 heteroatoms. The molecule has 0 fully saturated rings. The van der Waals surface area contributed by atoms with Crippen LogP contribution < -0.4 is 5.73 Å². The molecule has 98 valence electrons. The summed E-state index contributed by atoms with van der Waals surface area (Å²) >= 11 is 3.76. The van der Waals surface area contributed by atoms with Gasteiger partial charge in [0, 0.05) is 24.0 Å². The minimum absolute atomic E-state index is 0.544. The van der Waals surface area contributed by atoms with Gasteiger partial charge in [0.2, 0.25) is 0 Å². The van der Waals surface area contributed by atoms with E-state index in [9.17, 15) is 0 Å². The van der Waals surface area contributed by atoms with Crippen molar-refractivity contribution in [2.24, 2.45) is 5.73 Å². The van der Waals surface area contributed by atoms with Gasteiger partial charge in [-0.3, -0.25) is 0 Å². The number of likely N-dealkylation sites (N-methyl/N-ethyl adjacent to an activating group) is 1. The van der Waals surface area contributed by atoms with E-state index in [2.05, 4.69) is 35.7 Å². The van der Waals surface area contributed by atoms with Crippen LogP contribution >= 0.6 is 23.1 Å². The van der Waals surface area contributed by atoms with E-state index in [-0.39, 0.29) is 0 Å². The standard InChI is InChI=1S/C13H24N2S2/c1-15(8-7-13-6-4-10-17-13)12(11-14)5-3-9-16-2/h4,6,10,12H,3,5,7-9,11,14H2,1-2H3. The molecule has 0 saturated heterocycles. The van der Waals surface area contributed by atoms with Crippen LogP contribution in [0.4, 0.5) is 0 Å². The van der Waals surface area contributed by atoms with Gasteiger partial charge >= 0.3 is 0 Å². The number of thioether (sulfide) groups is 1. The molecule has 17 heavy (non-hydrogen) atoms. The summed E-state index contributed by atoms with van der Waals surface area (Å²) in [6.07, 6.45) is 5.80. The smallest absolute Gasteiger partial charge is 0.0215 e. The molecule has 0 amide bonds. The molecule has 0 aromatic carbocycles. The van der Waals surface area contributed by atoms with E-state index in [0.717, 1.165) is 19.5 Å². The molecule has 0 saturated carbocycles. The van der Waals surface area contributed by atoms with Crippen LogP contribution in [0.2, 0.25) is 0 Å². The molecule has 0 radical (unpaired) electrons. The fourth-order valence-corrected chi connectivity index (χ4v) is 3.06. The lowest BCUT2D eigenvalue weighted by Crippen LogP contribution is -2.39. The molecular weight excluding hydrogens is 248 g/mol. The quantitative estimate of drug-likeness (QED) is 0.701. The Balaban J connectivity index is 2.25. The van der Waals surface area contributed by atoms with Crippen LogP contribution in [0.25, 0.3) is 0 Å². The third-order valence-corrected chi connectivity index (χ3v) is 4.71. The van der Waals surface area contributed by atoms with Crippen LogP contribution in [0, 0.1) is 0 Å². The monoisotopic (exact) mass is 272 g/mol. The number of hydrogen-bond donors (Lipinski definition) is 1. The van der Waals surface area contributed by atoms with Gasteiger partial charge in [-0.15, -0.1) is 11.3 Å². The highest BCUT2D eigenvalue weighted by Crippen LogP contribution is 2.12. The Bertz CT molecular complexity index is 275. The Hall–Kier alpha value is -0.0300. The van der Waals surface area contributed by atoms with Crippen molar-refractivity contribution >= 4 is 23.1 Å². The zero-order chi connectivity index (χ0) is 12.5. The number of nitrogens with two attached hydrogens (primary N) is 1. The summed E-state index contributed by atoms with van der Waals surface area (Å²) in [6.45, 7) is 1.89. The first-order valence-electron chi connectivity index (χ1n) is 6.19. The topological polar surface area (TPSA) is 29.3 Å². The minimum Gasteiger partial charge on any atom is -0.329 e. The van der Waals surface area contributed by atoms with E-state index in [1.54, 1.807) is 0 Å². The van der Waals surface area contributed by atoms with Gasteiger partial charge in [0.25, 0.3) is 0 Å². The van der Waals surface area contributed by atoms with Gasteiger partial charge in [-0.25, -0.2) is 0 Å². The van der Waals surface area contributed by atoms with E-state index >= 15 is 0 Å². The van der Waals surface area contributed by atoms with Crippen molar-refractivity contribution in [1.29, 1.82) is 0 Å². The van der Waals surface area contributed by atoms with Gasteiger partial charge < -0.3 is 10.6 Å². The largest absolute Gasteiger partial charge is 0.329 e. The third-order valence-electron chi connectivity index (χ3n) is 3.07. The molecule has 1 unspecified atom stereocenters. The van der Waals surface area contributed by atoms with Gasteiger partial charge in [-0.05, 0) is 49.8 Å². The lowest BCUT2D eigenvalue weighted by molar-refractivity contribution is 0.237. The molecule has 1 atom stereocenters. The normalized spacial score (nSPS) is 13.2. The predicted molar refractivity (Wildman–Crippen MR) is 81.1 cm³/mol. The Morgan fingerprint density at radius 1 is 1.53 bits per heavy atom. The molecule has 0 bridgehead atoms. The summed E-state index contributed by atoms with van der Waals surface area (Å²) in [5.74, 6) is 1.25. The second-order valence-electron chi connectivity index (χ2n) is 4.33. The van der Waals surface area contributed by atoms with E-state index in [1.807, 2.05) is 23.1 Å². The van der Waals surface area contributed by atoms with Crippen molar-refractivity contribution < 1.29 is 0 Å². The van der Waals surface area contributed by atoms with Crippen LogP contribution in [0.15, 0.2) is 17.5 Å². The second-order valence-corrected chi connectivity index (χ2v) is 6.35. The number of rotatable bonds is 9. The third kappa shape index (κ3) is 5.91. The van der Waals surface area contributed by atoms with Crippen LogP contribution in [-0.4, -0.2) is 43.1 Å². The van der Waals surface area contributed by atoms with E-state index in [4.69, 9.17) is 5.73 Å². The van der Waals surface area contributed by atoms with E-state index in [0.29, 0.717) is 6.04 Å². The summed E-state index contributed by atoms with van der Waals surface area (Å²) in [5, 5.41) is 2.15. The predicted octanol–water partition coefficient (Wildman–Crippen LogP) is 2.69. The van der Waals surface area contributed by atoms with Gasteiger partial charge in [0.05, 0.1) is 0 Å². The first-order chi connectivity index (χ1) is 8.27. The molecular formula is C13H24N2S2. The molecule has 1 heterocycles. The lowest BCUT2D eigenvalue weighted by Gasteiger charge is -2.26. The maximum absolute atomic E-state index is 5.86. The molecule has 0 aliphatic heterocycles. The summed E-state index contributed by atoms with van der Waals surface area (Å²) in [7, 11) is 2.20. The molecule has 0 aliphatic carbocycles. The molecule has 1 aromatic rings. The fourth-order valence-electron chi connectivity index (χ4n) is 1.91. The summed E-state index contributed by atoms with van der Waals surface area (Å²) < 4.78 is 0. The highest BCUT2D eigenvalue weighted by molar-refractivity contribution is 7.98. The van der Waals surface area contributed by atoms with Gasteiger partial charge in [0.15, 0.2) is 0 Å². The molecule has 1 aromatic heterocycles. The Kier molecular flexibility index (Phi) is 7.93. The van der Waals surface area contributed by atoms with Crippen LogP contribution in [-0.2, 0) is 6.42 Å². The Morgan fingerprint density at radius 3 is 2.94 bits per heavy atom. The van der Waals surface area contributed by atoms with Crippen molar-refractivity contribution in [3.8, 4) is 0 Å². The SMILES string of the molecule is CSCCCC(CN)N(C)CCc1cccs1. The number of hydrogen-bond acceptors (Lipinski definition) is 4. The molecule has 0 spiro atoms. The van der Waals surface area contributed by atoms with Crippen LogP contribution in [0.3, 0.4) is 0 Å². The molecule has 1 rings (SSSR count). The minimum atomic E-state index is 0.544. The van der Waals surface area contributed by atoms with Gasteiger partial charge in [-0.1, -0.05) is 6.07 Å². The summed E-state index contributed by atoms with van der Waals surface area (Å²) in [6, 6.07) is 4.88. The van der Waals surface area contributed by atoms with E-state index < -0.39 is 0 Å². The first kappa shape index (κ1) is 15.0. The number of thiophene rings is 1. The van der Waals surface area contributed by atoms with Crippen molar-refractivity contribution in [2.45, 2.75) is 25.3 Å².